The Labute approximate surface area is 113 Å². The molecule has 3 rings (SSSR count). The monoisotopic (exact) mass is 262 g/mol. The van der Waals surface area contributed by atoms with Gasteiger partial charge in [0.2, 0.25) is 0 Å². The molecule has 1 amide bonds. The first-order chi connectivity index (χ1) is 9.22. The van der Waals surface area contributed by atoms with E-state index in [1.54, 1.807) is 12.4 Å². The molecule has 2 fully saturated rings. The smallest absolute Gasteiger partial charge is 0.251 e. The molecule has 2 heterocycles. The molecule has 1 aliphatic heterocycles. The van der Waals surface area contributed by atoms with Gasteiger partial charge in [-0.2, -0.15) is 5.10 Å². The molecule has 0 radical (unpaired) electrons. The van der Waals surface area contributed by atoms with Crippen molar-refractivity contribution in [1.82, 2.24) is 14.7 Å². The molecule has 1 aromatic heterocycles. The van der Waals surface area contributed by atoms with E-state index in [-0.39, 0.29) is 0 Å². The van der Waals surface area contributed by atoms with Crippen molar-refractivity contribution in [3.05, 3.63) is 18.0 Å². The van der Waals surface area contributed by atoms with Crippen molar-refractivity contribution in [2.24, 2.45) is 11.7 Å². The van der Waals surface area contributed by atoms with Crippen LogP contribution < -0.4 is 5.73 Å². The van der Waals surface area contributed by atoms with E-state index < -0.39 is 5.91 Å². The van der Waals surface area contributed by atoms with Crippen molar-refractivity contribution >= 4 is 5.91 Å². The van der Waals surface area contributed by atoms with Gasteiger partial charge in [-0.05, 0) is 25.2 Å². The quantitative estimate of drug-likeness (QED) is 0.892. The Morgan fingerprint density at radius 1 is 1.37 bits per heavy atom. The topological polar surface area (TPSA) is 64.2 Å². The highest BCUT2D eigenvalue weighted by molar-refractivity contribution is 5.92. The van der Waals surface area contributed by atoms with E-state index in [0.717, 1.165) is 25.4 Å². The highest BCUT2D eigenvalue weighted by atomic mass is 16.1. The van der Waals surface area contributed by atoms with Gasteiger partial charge >= 0.3 is 0 Å². The molecule has 0 spiro atoms. The fourth-order valence-corrected chi connectivity index (χ4v) is 3.42. The lowest BCUT2D eigenvalue weighted by Crippen LogP contribution is -2.27. The predicted octanol–water partition coefficient (Wildman–Crippen LogP) is 1.42. The van der Waals surface area contributed by atoms with Gasteiger partial charge in [-0.3, -0.25) is 9.48 Å². The zero-order chi connectivity index (χ0) is 13.2. The predicted molar refractivity (Wildman–Crippen MR) is 72.8 cm³/mol. The second-order valence-electron chi connectivity index (χ2n) is 5.93. The Morgan fingerprint density at radius 3 is 2.84 bits per heavy atom. The van der Waals surface area contributed by atoms with Crippen molar-refractivity contribution in [3.8, 4) is 0 Å². The summed E-state index contributed by atoms with van der Waals surface area (Å²) in [5.41, 5.74) is 5.77. The normalized spacial score (nSPS) is 25.2. The average molecular weight is 262 g/mol. The lowest BCUT2D eigenvalue weighted by molar-refractivity contribution is 0.1000. The lowest BCUT2D eigenvalue weighted by atomic mass is 10.1. The molecule has 1 saturated heterocycles. The summed E-state index contributed by atoms with van der Waals surface area (Å²) in [6.45, 7) is 3.43. The summed E-state index contributed by atoms with van der Waals surface area (Å²) in [6.07, 6.45) is 10.1. The van der Waals surface area contributed by atoms with Gasteiger partial charge in [0.15, 0.2) is 0 Å². The standard InChI is InChI=1S/C14H22N4O/c15-14(19)12-7-16-18(9-12)13-5-6-17(10-13)8-11-3-1-2-4-11/h7,9,11,13H,1-6,8,10H2,(H2,15,19). The Bertz CT molecular complexity index is 450. The first kappa shape index (κ1) is 12.7. The second-order valence-corrected chi connectivity index (χ2v) is 5.93. The van der Waals surface area contributed by atoms with Crippen molar-refractivity contribution in [2.75, 3.05) is 19.6 Å². The summed E-state index contributed by atoms with van der Waals surface area (Å²) < 4.78 is 1.91. The molecule has 0 bridgehead atoms. The molecule has 2 N–H and O–H groups in total. The van der Waals surface area contributed by atoms with Crippen LogP contribution in [0.3, 0.4) is 0 Å². The summed E-state index contributed by atoms with van der Waals surface area (Å²) in [7, 11) is 0. The van der Waals surface area contributed by atoms with E-state index in [1.807, 2.05) is 4.68 Å². The van der Waals surface area contributed by atoms with Gasteiger partial charge in [0.1, 0.15) is 0 Å². The van der Waals surface area contributed by atoms with Crippen LogP contribution in [-0.4, -0.2) is 40.2 Å². The maximum Gasteiger partial charge on any atom is 0.251 e. The molecule has 5 nitrogen and oxygen atoms in total. The summed E-state index contributed by atoms with van der Waals surface area (Å²) in [6, 6.07) is 0.398. The van der Waals surface area contributed by atoms with Crippen LogP contribution in [0.2, 0.25) is 0 Å². The second kappa shape index (κ2) is 5.33. The molecule has 104 valence electrons. The molecule has 1 aromatic rings. The highest BCUT2D eigenvalue weighted by Crippen LogP contribution is 2.28. The SMILES string of the molecule is NC(=O)c1cnn(C2CCN(CC3CCCC3)C2)c1. The van der Waals surface area contributed by atoms with Gasteiger partial charge < -0.3 is 10.6 Å². The molecule has 5 heteroatoms. The molecule has 0 aromatic carbocycles. The van der Waals surface area contributed by atoms with Crippen LogP contribution in [0.5, 0.6) is 0 Å². The third-order valence-electron chi connectivity index (χ3n) is 4.50. The number of nitrogens with two attached hydrogens (primary N) is 1. The molecule has 19 heavy (non-hydrogen) atoms. The number of nitrogens with zero attached hydrogens (tertiary/aromatic N) is 3. The number of aromatic nitrogens is 2. The number of amides is 1. The zero-order valence-electron chi connectivity index (χ0n) is 11.3. The largest absolute Gasteiger partial charge is 0.366 e. The first-order valence-corrected chi connectivity index (χ1v) is 7.28. The molecule has 2 aliphatic rings. The number of primary amides is 1. The van der Waals surface area contributed by atoms with Gasteiger partial charge in [0.05, 0.1) is 17.8 Å². The first-order valence-electron chi connectivity index (χ1n) is 7.28. The third-order valence-corrected chi connectivity index (χ3v) is 4.50. The van der Waals surface area contributed by atoms with Gasteiger partial charge in [-0.25, -0.2) is 0 Å². The van der Waals surface area contributed by atoms with Crippen molar-refractivity contribution in [3.63, 3.8) is 0 Å². The molecule has 1 unspecified atom stereocenters. The van der Waals surface area contributed by atoms with Gasteiger partial charge in [-0.1, -0.05) is 12.8 Å². The van der Waals surface area contributed by atoms with Crippen LogP contribution in [0.15, 0.2) is 12.4 Å². The minimum Gasteiger partial charge on any atom is -0.366 e. The Balaban J connectivity index is 1.56. The van der Waals surface area contributed by atoms with E-state index in [4.69, 9.17) is 5.73 Å². The van der Waals surface area contributed by atoms with E-state index in [9.17, 15) is 4.79 Å². The number of carbonyl (C=O) groups is 1. The fraction of sp³-hybridized carbons (Fsp3) is 0.714. The number of likely N-dealkylation sites (tertiary alicyclic amines) is 1. The molecule has 1 atom stereocenters. The Kier molecular flexibility index (Phi) is 3.55. The fourth-order valence-electron chi connectivity index (χ4n) is 3.42. The maximum absolute atomic E-state index is 11.1. The van der Waals surface area contributed by atoms with E-state index in [0.29, 0.717) is 11.6 Å². The minimum absolute atomic E-state index is 0.396. The molecule has 1 aliphatic carbocycles. The number of rotatable bonds is 4. The average Bonchev–Trinajstić information content (AvgIpc) is 3.09. The van der Waals surface area contributed by atoms with E-state index >= 15 is 0 Å². The molecular formula is C14H22N4O. The van der Waals surface area contributed by atoms with Crippen molar-refractivity contribution in [1.29, 1.82) is 0 Å². The Hall–Kier alpha value is -1.36. The number of hydrogen-bond donors (Lipinski definition) is 1. The van der Waals surface area contributed by atoms with E-state index in [1.165, 1.54) is 32.2 Å². The summed E-state index contributed by atoms with van der Waals surface area (Å²) in [4.78, 5) is 13.6. The van der Waals surface area contributed by atoms with Gasteiger partial charge in [-0.15, -0.1) is 0 Å². The molecular weight excluding hydrogens is 240 g/mol. The van der Waals surface area contributed by atoms with Crippen LogP contribution in [0, 0.1) is 5.92 Å². The van der Waals surface area contributed by atoms with Gasteiger partial charge in [0, 0.05) is 25.8 Å². The summed E-state index contributed by atoms with van der Waals surface area (Å²) in [5.74, 6) is 0.504. The van der Waals surface area contributed by atoms with Crippen LogP contribution in [0.4, 0.5) is 0 Å². The van der Waals surface area contributed by atoms with Crippen molar-refractivity contribution in [2.45, 2.75) is 38.1 Å². The van der Waals surface area contributed by atoms with Crippen LogP contribution in [-0.2, 0) is 0 Å². The molecule has 1 saturated carbocycles. The van der Waals surface area contributed by atoms with Crippen LogP contribution in [0.1, 0.15) is 48.5 Å². The van der Waals surface area contributed by atoms with Crippen LogP contribution >= 0.6 is 0 Å². The summed E-state index contributed by atoms with van der Waals surface area (Å²) >= 11 is 0. The van der Waals surface area contributed by atoms with Crippen LogP contribution in [0.25, 0.3) is 0 Å². The number of carbonyl (C=O) groups excluding carboxylic acids is 1. The van der Waals surface area contributed by atoms with Crippen molar-refractivity contribution < 1.29 is 4.79 Å². The van der Waals surface area contributed by atoms with Gasteiger partial charge in [0.25, 0.3) is 5.91 Å². The summed E-state index contributed by atoms with van der Waals surface area (Å²) in [5, 5.41) is 4.27. The maximum atomic E-state index is 11.1. The highest BCUT2D eigenvalue weighted by Gasteiger charge is 2.27. The lowest BCUT2D eigenvalue weighted by Gasteiger charge is -2.20. The Morgan fingerprint density at radius 2 is 2.16 bits per heavy atom. The zero-order valence-corrected chi connectivity index (χ0v) is 11.3. The number of hydrogen-bond acceptors (Lipinski definition) is 3. The third kappa shape index (κ3) is 2.81. The minimum atomic E-state index is -0.396. The van der Waals surface area contributed by atoms with E-state index in [2.05, 4.69) is 10.00 Å².